The van der Waals surface area contributed by atoms with Gasteiger partial charge in [-0.05, 0) is 19.8 Å². The van der Waals surface area contributed by atoms with Crippen molar-refractivity contribution < 1.29 is 9.94 Å². The standard InChI is InChI=1S/C10H14N2O4/c1-6-4-12(10(15)11-9(6)14)16-8(5-13)7-2-3-7/h4,7-8,13H,2-3,5H2,1H3,(H,11,14,15)/t8-/m1/s1. The van der Waals surface area contributed by atoms with Crippen LogP contribution in [0.1, 0.15) is 18.4 Å². The molecule has 2 rings (SSSR count). The molecule has 16 heavy (non-hydrogen) atoms. The first-order valence-corrected chi connectivity index (χ1v) is 5.22. The SMILES string of the molecule is Cc1cn(O[C@H](CO)C2CC2)c(=O)[nH]c1=O. The van der Waals surface area contributed by atoms with E-state index < -0.39 is 11.2 Å². The summed E-state index contributed by atoms with van der Waals surface area (Å²) in [6, 6.07) is 0. The molecule has 0 spiro atoms. The Balaban J connectivity index is 2.23. The molecule has 2 N–H and O–H groups in total. The van der Waals surface area contributed by atoms with Gasteiger partial charge in [0.2, 0.25) is 0 Å². The number of aliphatic hydroxyl groups excluding tert-OH is 1. The fraction of sp³-hybridized carbons (Fsp3) is 0.600. The quantitative estimate of drug-likeness (QED) is 0.693. The van der Waals surface area contributed by atoms with Crippen molar-refractivity contribution in [3.05, 3.63) is 32.6 Å². The lowest BCUT2D eigenvalue weighted by Gasteiger charge is -2.16. The van der Waals surface area contributed by atoms with Crippen LogP contribution in [0.2, 0.25) is 0 Å². The molecule has 0 unspecified atom stereocenters. The van der Waals surface area contributed by atoms with Gasteiger partial charge in [-0.15, -0.1) is 4.73 Å². The molecule has 0 bridgehead atoms. The summed E-state index contributed by atoms with van der Waals surface area (Å²) in [6.07, 6.45) is 2.97. The van der Waals surface area contributed by atoms with Crippen molar-refractivity contribution in [2.75, 3.05) is 6.61 Å². The van der Waals surface area contributed by atoms with Gasteiger partial charge in [0.25, 0.3) is 5.56 Å². The van der Waals surface area contributed by atoms with E-state index in [4.69, 9.17) is 9.94 Å². The molecule has 1 aromatic rings. The Kier molecular flexibility index (Phi) is 2.82. The average Bonchev–Trinajstić information content (AvgIpc) is 3.05. The number of aromatic amines is 1. The second kappa shape index (κ2) is 4.13. The van der Waals surface area contributed by atoms with Gasteiger partial charge in [0, 0.05) is 11.5 Å². The Bertz CT molecular complexity index is 486. The van der Waals surface area contributed by atoms with E-state index in [9.17, 15) is 9.59 Å². The first-order chi connectivity index (χ1) is 7.61. The molecule has 0 aromatic carbocycles. The van der Waals surface area contributed by atoms with E-state index in [0.29, 0.717) is 11.5 Å². The van der Waals surface area contributed by atoms with E-state index in [-0.39, 0.29) is 12.7 Å². The summed E-state index contributed by atoms with van der Waals surface area (Å²) in [7, 11) is 0. The number of aliphatic hydroxyl groups is 1. The molecule has 6 heteroatoms. The molecule has 1 aliphatic rings. The van der Waals surface area contributed by atoms with Gasteiger partial charge in [0.15, 0.2) is 6.10 Å². The maximum atomic E-state index is 11.4. The zero-order valence-electron chi connectivity index (χ0n) is 8.97. The van der Waals surface area contributed by atoms with Crippen LogP contribution >= 0.6 is 0 Å². The fourth-order valence-corrected chi connectivity index (χ4v) is 1.50. The largest absolute Gasteiger partial charge is 0.404 e. The summed E-state index contributed by atoms with van der Waals surface area (Å²) in [6.45, 7) is 1.46. The third-order valence-corrected chi connectivity index (χ3v) is 2.67. The highest BCUT2D eigenvalue weighted by atomic mass is 16.7. The van der Waals surface area contributed by atoms with Crippen molar-refractivity contribution in [1.82, 2.24) is 9.71 Å². The number of rotatable bonds is 4. The van der Waals surface area contributed by atoms with Crippen molar-refractivity contribution in [2.24, 2.45) is 5.92 Å². The van der Waals surface area contributed by atoms with Crippen LogP contribution in [0.4, 0.5) is 0 Å². The molecule has 1 atom stereocenters. The number of nitrogens with one attached hydrogen (secondary N) is 1. The van der Waals surface area contributed by atoms with Gasteiger partial charge < -0.3 is 9.94 Å². The third kappa shape index (κ3) is 2.16. The Morgan fingerprint density at radius 1 is 1.62 bits per heavy atom. The van der Waals surface area contributed by atoms with E-state index >= 15 is 0 Å². The van der Waals surface area contributed by atoms with E-state index in [1.165, 1.54) is 6.20 Å². The summed E-state index contributed by atoms with van der Waals surface area (Å²) in [5.74, 6) is 0.309. The molecule has 1 aromatic heterocycles. The number of aryl methyl sites for hydroxylation is 1. The van der Waals surface area contributed by atoms with Crippen LogP contribution in [-0.4, -0.2) is 27.5 Å². The van der Waals surface area contributed by atoms with Crippen molar-refractivity contribution in [3.63, 3.8) is 0 Å². The van der Waals surface area contributed by atoms with Gasteiger partial charge in [-0.25, -0.2) is 4.79 Å². The molecule has 1 heterocycles. The summed E-state index contributed by atoms with van der Waals surface area (Å²) >= 11 is 0. The highest BCUT2D eigenvalue weighted by Crippen LogP contribution is 2.32. The highest BCUT2D eigenvalue weighted by Gasteiger charge is 2.33. The number of H-pyrrole nitrogens is 1. The highest BCUT2D eigenvalue weighted by molar-refractivity contribution is 4.99. The Labute approximate surface area is 91.4 Å². The van der Waals surface area contributed by atoms with Crippen LogP contribution in [0.5, 0.6) is 0 Å². The van der Waals surface area contributed by atoms with E-state index in [1.54, 1.807) is 6.92 Å². The lowest BCUT2D eigenvalue weighted by Crippen LogP contribution is -2.40. The fourth-order valence-electron chi connectivity index (χ4n) is 1.50. The molecular weight excluding hydrogens is 212 g/mol. The molecule has 88 valence electrons. The van der Waals surface area contributed by atoms with E-state index in [0.717, 1.165) is 17.6 Å². The molecule has 1 fully saturated rings. The van der Waals surface area contributed by atoms with E-state index in [1.807, 2.05) is 0 Å². The van der Waals surface area contributed by atoms with Crippen LogP contribution in [0.3, 0.4) is 0 Å². The zero-order chi connectivity index (χ0) is 11.7. The Morgan fingerprint density at radius 3 is 2.88 bits per heavy atom. The van der Waals surface area contributed by atoms with E-state index in [2.05, 4.69) is 4.98 Å². The molecule has 0 amide bonds. The third-order valence-electron chi connectivity index (χ3n) is 2.67. The monoisotopic (exact) mass is 226 g/mol. The number of hydrogen-bond donors (Lipinski definition) is 2. The van der Waals surface area contributed by atoms with Crippen molar-refractivity contribution in [3.8, 4) is 0 Å². The van der Waals surface area contributed by atoms with Gasteiger partial charge in [-0.1, -0.05) is 0 Å². The summed E-state index contributed by atoms with van der Waals surface area (Å²) in [4.78, 5) is 30.0. The Morgan fingerprint density at radius 2 is 2.31 bits per heavy atom. The summed E-state index contributed by atoms with van der Waals surface area (Å²) in [5, 5.41) is 9.10. The minimum atomic E-state index is -0.616. The topological polar surface area (TPSA) is 84.3 Å². The second-order valence-electron chi connectivity index (χ2n) is 4.06. The van der Waals surface area contributed by atoms with Gasteiger partial charge in [-0.3, -0.25) is 9.78 Å². The van der Waals surface area contributed by atoms with Crippen LogP contribution in [0, 0.1) is 12.8 Å². The Hall–Kier alpha value is -1.56. The average molecular weight is 226 g/mol. The van der Waals surface area contributed by atoms with Crippen LogP contribution in [0.25, 0.3) is 0 Å². The summed E-state index contributed by atoms with van der Waals surface area (Å²) in [5.41, 5.74) is -0.640. The lowest BCUT2D eigenvalue weighted by atomic mass is 10.2. The van der Waals surface area contributed by atoms with Crippen LogP contribution < -0.4 is 16.1 Å². The first kappa shape index (κ1) is 10.9. The minimum absolute atomic E-state index is 0.130. The van der Waals surface area contributed by atoms with Gasteiger partial charge in [0.05, 0.1) is 12.8 Å². The van der Waals surface area contributed by atoms with Crippen molar-refractivity contribution in [1.29, 1.82) is 0 Å². The molecule has 0 saturated heterocycles. The maximum absolute atomic E-state index is 11.4. The van der Waals surface area contributed by atoms with Gasteiger partial charge >= 0.3 is 5.69 Å². The molecule has 1 aliphatic carbocycles. The minimum Gasteiger partial charge on any atom is -0.404 e. The second-order valence-corrected chi connectivity index (χ2v) is 4.06. The molecule has 0 radical (unpaired) electrons. The number of aromatic nitrogens is 2. The van der Waals surface area contributed by atoms with Crippen LogP contribution in [-0.2, 0) is 0 Å². The number of hydrogen-bond acceptors (Lipinski definition) is 4. The summed E-state index contributed by atoms with van der Waals surface area (Å²) < 4.78 is 0.982. The number of nitrogens with zero attached hydrogens (tertiary/aromatic N) is 1. The zero-order valence-corrected chi connectivity index (χ0v) is 8.97. The smallest absolute Gasteiger partial charge is 0.361 e. The van der Waals surface area contributed by atoms with Gasteiger partial charge in [-0.2, -0.15) is 0 Å². The molecule has 1 saturated carbocycles. The maximum Gasteiger partial charge on any atom is 0.361 e. The molecular formula is C10H14N2O4. The normalized spacial score (nSPS) is 17.1. The predicted octanol–water partition coefficient (Wildman–Crippen LogP) is -0.955. The van der Waals surface area contributed by atoms with Crippen molar-refractivity contribution in [2.45, 2.75) is 25.9 Å². The first-order valence-electron chi connectivity index (χ1n) is 5.22. The van der Waals surface area contributed by atoms with Gasteiger partial charge in [0.1, 0.15) is 0 Å². The molecule has 0 aliphatic heterocycles. The molecule has 6 nitrogen and oxygen atoms in total. The lowest BCUT2D eigenvalue weighted by molar-refractivity contribution is -0.0176. The predicted molar refractivity (Wildman–Crippen MR) is 56.2 cm³/mol. The van der Waals surface area contributed by atoms with Crippen LogP contribution in [0.15, 0.2) is 15.8 Å². The van der Waals surface area contributed by atoms with Crippen molar-refractivity contribution >= 4 is 0 Å².